The van der Waals surface area contributed by atoms with Crippen LogP contribution in [0.15, 0.2) is 24.3 Å². The van der Waals surface area contributed by atoms with Gasteiger partial charge < -0.3 is 10.1 Å². The molecule has 16 heavy (non-hydrogen) atoms. The second kappa shape index (κ2) is 5.84. The minimum Gasteiger partial charge on any atom is -0.481 e. The highest BCUT2D eigenvalue weighted by atomic mass is 35.5. The first-order valence-corrected chi connectivity index (χ1v) is 4.44. The lowest BCUT2D eigenvalue weighted by molar-refractivity contribution is -0.189. The van der Waals surface area contributed by atoms with Gasteiger partial charge in [-0.1, -0.05) is 0 Å². The van der Waals surface area contributed by atoms with Crippen molar-refractivity contribution in [2.45, 2.75) is 19.2 Å². The van der Waals surface area contributed by atoms with Crippen LogP contribution in [0.5, 0.6) is 5.75 Å². The molecule has 0 aliphatic rings. The summed E-state index contributed by atoms with van der Waals surface area (Å²) < 4.78 is 41.2. The van der Waals surface area contributed by atoms with Crippen molar-refractivity contribution in [1.82, 2.24) is 0 Å². The fraction of sp³-hybridized carbons (Fsp3) is 0.400. The highest BCUT2D eigenvalue weighted by Gasteiger charge is 2.37. The monoisotopic (exact) mass is 255 g/mol. The maximum atomic E-state index is 12.1. The third-order valence-electron chi connectivity index (χ3n) is 1.92. The number of benzene rings is 1. The molecule has 1 atom stereocenters. The third kappa shape index (κ3) is 4.18. The number of hydrogen-bond donors (Lipinski definition) is 1. The van der Waals surface area contributed by atoms with Crippen LogP contribution < -0.4 is 10.1 Å². The number of ether oxygens (including phenoxy) is 1. The molecule has 0 saturated carbocycles. The summed E-state index contributed by atoms with van der Waals surface area (Å²) in [6, 6.07) is 6.29. The second-order valence-corrected chi connectivity index (χ2v) is 3.08. The molecule has 0 bridgehead atoms. The van der Waals surface area contributed by atoms with E-state index in [1.807, 2.05) is 0 Å². The van der Waals surface area contributed by atoms with E-state index in [1.165, 1.54) is 12.1 Å². The number of alkyl halides is 3. The van der Waals surface area contributed by atoms with Crippen LogP contribution in [0.3, 0.4) is 0 Å². The van der Waals surface area contributed by atoms with Crippen LogP contribution >= 0.6 is 12.4 Å². The van der Waals surface area contributed by atoms with E-state index in [1.54, 1.807) is 19.2 Å². The maximum Gasteiger partial charge on any atom is 0.425 e. The Morgan fingerprint density at radius 3 is 2.06 bits per heavy atom. The van der Waals surface area contributed by atoms with Gasteiger partial charge in [0.25, 0.3) is 0 Å². The van der Waals surface area contributed by atoms with Crippen LogP contribution in [0.25, 0.3) is 0 Å². The van der Waals surface area contributed by atoms with Gasteiger partial charge in [-0.25, -0.2) is 0 Å². The molecule has 0 unspecified atom stereocenters. The maximum absolute atomic E-state index is 12.1. The lowest BCUT2D eigenvalue weighted by Gasteiger charge is -2.17. The standard InChI is InChI=1S/C10H12F3NO.ClH/c1-7(10(11,12)13)15-9-5-3-8(14-2)4-6-9;/h3-7,14H,1-2H3;1H/t7-;/m1./s1. The van der Waals surface area contributed by atoms with Crippen LogP contribution in [-0.4, -0.2) is 19.3 Å². The Kier molecular flexibility index (Phi) is 5.44. The van der Waals surface area contributed by atoms with E-state index >= 15 is 0 Å². The molecule has 0 saturated heterocycles. The summed E-state index contributed by atoms with van der Waals surface area (Å²) in [4.78, 5) is 0. The van der Waals surface area contributed by atoms with E-state index < -0.39 is 12.3 Å². The highest BCUT2D eigenvalue weighted by molar-refractivity contribution is 5.85. The van der Waals surface area contributed by atoms with Crippen molar-refractivity contribution >= 4 is 18.1 Å². The minimum absolute atomic E-state index is 0. The average Bonchev–Trinajstić information content (AvgIpc) is 2.17. The quantitative estimate of drug-likeness (QED) is 0.893. The van der Waals surface area contributed by atoms with Gasteiger partial charge in [0.15, 0.2) is 6.10 Å². The van der Waals surface area contributed by atoms with E-state index in [-0.39, 0.29) is 18.2 Å². The van der Waals surface area contributed by atoms with Crippen molar-refractivity contribution < 1.29 is 17.9 Å². The van der Waals surface area contributed by atoms with Gasteiger partial charge in [-0.15, -0.1) is 12.4 Å². The normalized spacial score (nSPS) is 12.6. The van der Waals surface area contributed by atoms with Gasteiger partial charge in [-0.2, -0.15) is 13.2 Å². The Morgan fingerprint density at radius 2 is 1.69 bits per heavy atom. The zero-order valence-corrected chi connectivity index (χ0v) is 9.65. The average molecular weight is 256 g/mol. The van der Waals surface area contributed by atoms with Crippen LogP contribution in [0, 0.1) is 0 Å². The molecule has 1 aromatic carbocycles. The Balaban J connectivity index is 0.00000225. The topological polar surface area (TPSA) is 21.3 Å². The second-order valence-electron chi connectivity index (χ2n) is 3.08. The minimum atomic E-state index is -4.33. The van der Waals surface area contributed by atoms with Crippen molar-refractivity contribution in [2.24, 2.45) is 0 Å². The number of halogens is 4. The van der Waals surface area contributed by atoms with Crippen molar-refractivity contribution in [3.8, 4) is 5.75 Å². The Bertz CT molecular complexity index is 313. The molecule has 0 spiro atoms. The van der Waals surface area contributed by atoms with E-state index in [4.69, 9.17) is 4.74 Å². The zero-order chi connectivity index (χ0) is 11.5. The molecule has 0 aliphatic heterocycles. The van der Waals surface area contributed by atoms with Crippen molar-refractivity contribution in [1.29, 1.82) is 0 Å². The van der Waals surface area contributed by atoms with E-state index in [9.17, 15) is 13.2 Å². The summed E-state index contributed by atoms with van der Waals surface area (Å²) in [6.45, 7) is 0.978. The summed E-state index contributed by atoms with van der Waals surface area (Å²) in [5.74, 6) is 0.207. The molecule has 2 nitrogen and oxygen atoms in total. The molecule has 1 N–H and O–H groups in total. The number of hydrogen-bond acceptors (Lipinski definition) is 2. The van der Waals surface area contributed by atoms with Crippen molar-refractivity contribution in [3.63, 3.8) is 0 Å². The molecule has 0 aromatic heterocycles. The summed E-state index contributed by atoms with van der Waals surface area (Å²) >= 11 is 0. The van der Waals surface area contributed by atoms with Gasteiger partial charge in [-0.05, 0) is 31.2 Å². The summed E-state index contributed by atoms with van der Waals surface area (Å²) in [5, 5.41) is 2.86. The van der Waals surface area contributed by atoms with Crippen LogP contribution in [0.2, 0.25) is 0 Å². The zero-order valence-electron chi connectivity index (χ0n) is 8.84. The molecule has 0 amide bonds. The predicted molar refractivity (Wildman–Crippen MR) is 59.4 cm³/mol. The molecule has 1 rings (SSSR count). The molecule has 0 fully saturated rings. The Hall–Kier alpha value is -1.10. The molecular formula is C10H13ClF3NO. The first-order chi connectivity index (χ1) is 6.93. The molecule has 6 heteroatoms. The van der Waals surface area contributed by atoms with Crippen LogP contribution in [-0.2, 0) is 0 Å². The van der Waals surface area contributed by atoms with Gasteiger partial charge in [0.1, 0.15) is 5.75 Å². The lowest BCUT2D eigenvalue weighted by Crippen LogP contribution is -2.31. The highest BCUT2D eigenvalue weighted by Crippen LogP contribution is 2.25. The number of rotatable bonds is 3. The summed E-state index contributed by atoms with van der Waals surface area (Å²) in [7, 11) is 1.73. The van der Waals surface area contributed by atoms with Crippen LogP contribution in [0.4, 0.5) is 18.9 Å². The summed E-state index contributed by atoms with van der Waals surface area (Å²) in [6.07, 6.45) is -6.13. The first-order valence-electron chi connectivity index (χ1n) is 4.44. The van der Waals surface area contributed by atoms with Crippen molar-refractivity contribution in [3.05, 3.63) is 24.3 Å². The lowest BCUT2D eigenvalue weighted by atomic mass is 10.3. The fourth-order valence-corrected chi connectivity index (χ4v) is 0.971. The summed E-state index contributed by atoms with van der Waals surface area (Å²) in [5.41, 5.74) is 0.821. The molecule has 92 valence electrons. The SMILES string of the molecule is CNc1ccc(O[C@H](C)C(F)(F)F)cc1.Cl. The van der Waals surface area contributed by atoms with Crippen LogP contribution in [0.1, 0.15) is 6.92 Å². The predicted octanol–water partition coefficient (Wildman–Crippen LogP) is 3.48. The number of anilines is 1. The van der Waals surface area contributed by atoms with Gasteiger partial charge >= 0.3 is 6.18 Å². The van der Waals surface area contributed by atoms with Crippen molar-refractivity contribution in [2.75, 3.05) is 12.4 Å². The molecule has 1 aromatic rings. The Labute approximate surface area is 98.2 Å². The fourth-order valence-electron chi connectivity index (χ4n) is 0.971. The Morgan fingerprint density at radius 1 is 1.19 bits per heavy atom. The largest absolute Gasteiger partial charge is 0.481 e. The molecule has 0 radical (unpaired) electrons. The molecule has 0 aliphatic carbocycles. The van der Waals surface area contributed by atoms with Gasteiger partial charge in [0.05, 0.1) is 0 Å². The first kappa shape index (κ1) is 14.9. The molecule has 0 heterocycles. The van der Waals surface area contributed by atoms with Gasteiger partial charge in [-0.3, -0.25) is 0 Å². The molecular weight excluding hydrogens is 243 g/mol. The number of nitrogens with one attached hydrogen (secondary N) is 1. The third-order valence-corrected chi connectivity index (χ3v) is 1.92. The smallest absolute Gasteiger partial charge is 0.425 e. The van der Waals surface area contributed by atoms with E-state index in [0.717, 1.165) is 12.6 Å². The van der Waals surface area contributed by atoms with E-state index in [0.29, 0.717) is 0 Å². The van der Waals surface area contributed by atoms with Gasteiger partial charge in [0, 0.05) is 12.7 Å². The van der Waals surface area contributed by atoms with Gasteiger partial charge in [0.2, 0.25) is 0 Å². The van der Waals surface area contributed by atoms with E-state index in [2.05, 4.69) is 5.32 Å².